The van der Waals surface area contributed by atoms with Crippen molar-refractivity contribution < 1.29 is 4.79 Å². The summed E-state index contributed by atoms with van der Waals surface area (Å²) in [5.74, 6) is -0.130. The molecule has 0 unspecified atom stereocenters. The van der Waals surface area contributed by atoms with Crippen molar-refractivity contribution in [1.82, 2.24) is 9.78 Å². The second-order valence-electron chi connectivity index (χ2n) is 5.83. The maximum atomic E-state index is 12.4. The minimum Gasteiger partial charge on any atom is -0.319 e. The van der Waals surface area contributed by atoms with Gasteiger partial charge in [0.05, 0.1) is 18.4 Å². The zero-order valence-corrected chi connectivity index (χ0v) is 14.3. The van der Waals surface area contributed by atoms with Crippen LogP contribution in [-0.2, 0) is 6.54 Å². The molecule has 24 heavy (non-hydrogen) atoms. The first-order valence-corrected chi connectivity index (χ1v) is 8.04. The molecule has 0 bridgehead atoms. The predicted octanol–water partition coefficient (Wildman–Crippen LogP) is 4.45. The van der Waals surface area contributed by atoms with E-state index < -0.39 is 0 Å². The maximum absolute atomic E-state index is 12.4. The van der Waals surface area contributed by atoms with Crippen LogP contribution in [0.1, 0.15) is 27.0 Å². The molecule has 2 aromatic carbocycles. The Morgan fingerprint density at radius 2 is 2.04 bits per heavy atom. The van der Waals surface area contributed by atoms with Crippen LogP contribution in [-0.4, -0.2) is 15.7 Å². The Morgan fingerprint density at radius 3 is 2.79 bits per heavy atom. The van der Waals surface area contributed by atoms with Gasteiger partial charge in [-0.3, -0.25) is 9.48 Å². The smallest absolute Gasteiger partial charge is 0.256 e. The Bertz CT molecular complexity index is 886. The number of carbonyl (C=O) groups is 1. The highest BCUT2D eigenvalue weighted by Crippen LogP contribution is 2.15. The van der Waals surface area contributed by atoms with E-state index in [4.69, 9.17) is 11.6 Å². The molecule has 3 aromatic rings. The van der Waals surface area contributed by atoms with Crippen LogP contribution < -0.4 is 5.32 Å². The van der Waals surface area contributed by atoms with E-state index >= 15 is 0 Å². The predicted molar refractivity (Wildman–Crippen MR) is 96.7 cm³/mol. The highest BCUT2D eigenvalue weighted by molar-refractivity contribution is 6.30. The summed E-state index contributed by atoms with van der Waals surface area (Å²) >= 11 is 5.99. The highest BCUT2D eigenvalue weighted by atomic mass is 35.5. The molecule has 0 spiro atoms. The summed E-state index contributed by atoms with van der Waals surface area (Å²) in [6, 6.07) is 13.4. The summed E-state index contributed by atoms with van der Waals surface area (Å²) in [6.45, 7) is 4.54. The molecule has 1 aromatic heterocycles. The van der Waals surface area contributed by atoms with Gasteiger partial charge < -0.3 is 5.32 Å². The molecular weight excluding hydrogens is 322 g/mol. The quantitative estimate of drug-likeness (QED) is 0.763. The minimum atomic E-state index is -0.130. The first kappa shape index (κ1) is 16.3. The third-order valence-electron chi connectivity index (χ3n) is 3.75. The van der Waals surface area contributed by atoms with Gasteiger partial charge in [0.1, 0.15) is 0 Å². The molecule has 0 aliphatic heterocycles. The van der Waals surface area contributed by atoms with E-state index in [1.54, 1.807) is 10.9 Å². The first-order valence-electron chi connectivity index (χ1n) is 7.67. The standard InChI is InChI=1S/C19H18ClN3O/c1-13-6-7-18(14(2)8-13)19(24)22-17-10-21-23(12-17)11-15-4-3-5-16(20)9-15/h3-10,12H,11H2,1-2H3,(H,22,24). The van der Waals surface area contributed by atoms with Gasteiger partial charge >= 0.3 is 0 Å². The summed E-state index contributed by atoms with van der Waals surface area (Å²) in [5, 5.41) is 7.87. The summed E-state index contributed by atoms with van der Waals surface area (Å²) in [5.41, 5.74) is 4.49. The second kappa shape index (κ2) is 6.89. The Morgan fingerprint density at radius 1 is 1.21 bits per heavy atom. The topological polar surface area (TPSA) is 46.9 Å². The maximum Gasteiger partial charge on any atom is 0.256 e. The number of halogens is 1. The number of aryl methyl sites for hydroxylation is 2. The monoisotopic (exact) mass is 339 g/mol. The van der Waals surface area contributed by atoms with Gasteiger partial charge in [-0.2, -0.15) is 5.10 Å². The number of benzene rings is 2. The minimum absolute atomic E-state index is 0.130. The Labute approximate surface area is 146 Å². The van der Waals surface area contributed by atoms with Crippen LogP contribution in [0.4, 0.5) is 5.69 Å². The van der Waals surface area contributed by atoms with Crippen molar-refractivity contribution in [2.24, 2.45) is 0 Å². The fourth-order valence-corrected chi connectivity index (χ4v) is 2.82. The number of hydrogen-bond donors (Lipinski definition) is 1. The lowest BCUT2D eigenvalue weighted by Crippen LogP contribution is -2.13. The summed E-state index contributed by atoms with van der Waals surface area (Å²) in [7, 11) is 0. The van der Waals surface area contributed by atoms with E-state index in [1.807, 2.05) is 62.5 Å². The van der Waals surface area contributed by atoms with Crippen molar-refractivity contribution in [1.29, 1.82) is 0 Å². The van der Waals surface area contributed by atoms with Crippen LogP contribution in [0.3, 0.4) is 0 Å². The molecule has 0 fully saturated rings. The zero-order chi connectivity index (χ0) is 17.1. The Kier molecular flexibility index (Phi) is 4.67. The number of rotatable bonds is 4. The molecule has 1 N–H and O–H groups in total. The second-order valence-corrected chi connectivity index (χ2v) is 6.27. The molecule has 0 saturated carbocycles. The van der Waals surface area contributed by atoms with Crippen LogP contribution in [0.5, 0.6) is 0 Å². The van der Waals surface area contributed by atoms with E-state index in [0.717, 1.165) is 16.7 Å². The molecule has 0 aliphatic carbocycles. The molecule has 122 valence electrons. The lowest BCUT2D eigenvalue weighted by molar-refractivity contribution is 0.102. The fraction of sp³-hybridized carbons (Fsp3) is 0.158. The van der Waals surface area contributed by atoms with Gasteiger partial charge in [-0.05, 0) is 43.2 Å². The molecule has 1 amide bonds. The zero-order valence-electron chi connectivity index (χ0n) is 13.6. The lowest BCUT2D eigenvalue weighted by atomic mass is 10.1. The van der Waals surface area contributed by atoms with Gasteiger partial charge in [0.25, 0.3) is 5.91 Å². The van der Waals surface area contributed by atoms with E-state index in [9.17, 15) is 4.79 Å². The SMILES string of the molecule is Cc1ccc(C(=O)Nc2cnn(Cc3cccc(Cl)c3)c2)c(C)c1. The van der Waals surface area contributed by atoms with E-state index in [1.165, 1.54) is 0 Å². The molecular formula is C19H18ClN3O. The van der Waals surface area contributed by atoms with Gasteiger partial charge in [-0.25, -0.2) is 0 Å². The average molecular weight is 340 g/mol. The molecule has 5 heteroatoms. The van der Waals surface area contributed by atoms with Crippen molar-refractivity contribution in [3.63, 3.8) is 0 Å². The van der Waals surface area contributed by atoms with Crippen molar-refractivity contribution in [2.75, 3.05) is 5.32 Å². The largest absolute Gasteiger partial charge is 0.319 e. The van der Waals surface area contributed by atoms with Crippen LogP contribution in [0.15, 0.2) is 54.9 Å². The number of hydrogen-bond acceptors (Lipinski definition) is 2. The first-order chi connectivity index (χ1) is 11.5. The van der Waals surface area contributed by atoms with Gasteiger partial charge in [0, 0.05) is 16.8 Å². The normalized spacial score (nSPS) is 10.6. The van der Waals surface area contributed by atoms with Crippen molar-refractivity contribution in [3.05, 3.63) is 82.1 Å². The third kappa shape index (κ3) is 3.84. The van der Waals surface area contributed by atoms with Gasteiger partial charge in [-0.15, -0.1) is 0 Å². The lowest BCUT2D eigenvalue weighted by Gasteiger charge is -2.06. The third-order valence-corrected chi connectivity index (χ3v) is 3.99. The number of nitrogens with zero attached hydrogens (tertiary/aromatic N) is 2. The summed E-state index contributed by atoms with van der Waals surface area (Å²) < 4.78 is 1.77. The van der Waals surface area contributed by atoms with Gasteiger partial charge in [0.15, 0.2) is 0 Å². The van der Waals surface area contributed by atoms with Crippen LogP contribution in [0.25, 0.3) is 0 Å². The molecule has 3 rings (SSSR count). The molecule has 4 nitrogen and oxygen atoms in total. The molecule has 0 radical (unpaired) electrons. The number of anilines is 1. The molecule has 0 atom stereocenters. The highest BCUT2D eigenvalue weighted by Gasteiger charge is 2.10. The van der Waals surface area contributed by atoms with E-state index in [2.05, 4.69) is 10.4 Å². The Balaban J connectivity index is 1.70. The molecule has 0 saturated heterocycles. The van der Waals surface area contributed by atoms with E-state index in [-0.39, 0.29) is 5.91 Å². The van der Waals surface area contributed by atoms with Crippen LogP contribution >= 0.6 is 11.6 Å². The number of carbonyl (C=O) groups excluding carboxylic acids is 1. The van der Waals surface area contributed by atoms with Crippen LogP contribution in [0.2, 0.25) is 5.02 Å². The fourth-order valence-electron chi connectivity index (χ4n) is 2.60. The Hall–Kier alpha value is -2.59. The van der Waals surface area contributed by atoms with Crippen LogP contribution in [0, 0.1) is 13.8 Å². The van der Waals surface area contributed by atoms with E-state index in [0.29, 0.717) is 22.8 Å². The summed E-state index contributed by atoms with van der Waals surface area (Å²) in [6.07, 6.45) is 3.45. The van der Waals surface area contributed by atoms with Gasteiger partial charge in [-0.1, -0.05) is 41.4 Å². The van der Waals surface area contributed by atoms with Crippen molar-refractivity contribution in [2.45, 2.75) is 20.4 Å². The van der Waals surface area contributed by atoms with Crippen molar-refractivity contribution >= 4 is 23.2 Å². The summed E-state index contributed by atoms with van der Waals surface area (Å²) in [4.78, 5) is 12.4. The van der Waals surface area contributed by atoms with Crippen molar-refractivity contribution in [3.8, 4) is 0 Å². The number of aromatic nitrogens is 2. The molecule has 0 aliphatic rings. The van der Waals surface area contributed by atoms with Gasteiger partial charge in [0.2, 0.25) is 0 Å². The number of amides is 1. The number of nitrogens with one attached hydrogen (secondary N) is 1. The molecule has 1 heterocycles. The average Bonchev–Trinajstić information content (AvgIpc) is 2.94.